The van der Waals surface area contributed by atoms with Crippen LogP contribution in [-0.4, -0.2) is 59.4 Å². The summed E-state index contributed by atoms with van der Waals surface area (Å²) < 4.78 is 11.8. The fraction of sp³-hybridized carbons (Fsp3) is 0.957. The minimum atomic E-state index is -1.14. The van der Waals surface area contributed by atoms with E-state index >= 15 is 0 Å². The molecule has 7 heteroatoms. The van der Waals surface area contributed by atoms with Gasteiger partial charge in [0.25, 0.3) is 0 Å². The number of carbonyl (C=O) groups is 1. The van der Waals surface area contributed by atoms with Gasteiger partial charge in [-0.3, -0.25) is 4.79 Å². The van der Waals surface area contributed by atoms with Crippen molar-refractivity contribution in [2.24, 2.45) is 23.5 Å². The maximum absolute atomic E-state index is 12.8. The number of ether oxygens (including phenoxy) is 2. The highest BCUT2D eigenvalue weighted by molar-refractivity contribution is 5.78. The van der Waals surface area contributed by atoms with Gasteiger partial charge in [-0.25, -0.2) is 0 Å². The molecule has 2 fully saturated rings. The first-order chi connectivity index (χ1) is 14.2. The number of hydrogen-bond donors (Lipinski definition) is 4. The molecule has 0 aromatic carbocycles. The molecular formula is C23H44N2O5. The van der Waals surface area contributed by atoms with Crippen LogP contribution in [0.3, 0.4) is 0 Å². The van der Waals surface area contributed by atoms with E-state index in [1.165, 1.54) is 25.7 Å². The third-order valence-electron chi connectivity index (χ3n) is 7.10. The van der Waals surface area contributed by atoms with Gasteiger partial charge in [-0.1, -0.05) is 46.5 Å². The fourth-order valence-corrected chi connectivity index (χ4v) is 4.62. The van der Waals surface area contributed by atoms with Crippen molar-refractivity contribution in [1.29, 1.82) is 0 Å². The summed E-state index contributed by atoms with van der Waals surface area (Å²) in [4.78, 5) is 12.8. The van der Waals surface area contributed by atoms with E-state index in [0.29, 0.717) is 18.9 Å². The lowest BCUT2D eigenvalue weighted by molar-refractivity contribution is -0.284. The van der Waals surface area contributed by atoms with E-state index in [1.54, 1.807) is 6.92 Å². The molecule has 176 valence electrons. The Morgan fingerprint density at radius 1 is 1.07 bits per heavy atom. The quantitative estimate of drug-likeness (QED) is 0.549. The number of carbonyl (C=O) groups excluding carboxylic acids is 1. The molecule has 0 aromatic heterocycles. The highest BCUT2D eigenvalue weighted by Crippen LogP contribution is 2.28. The summed E-state index contributed by atoms with van der Waals surface area (Å²) in [5, 5.41) is 23.5. The van der Waals surface area contributed by atoms with Gasteiger partial charge in [0.15, 0.2) is 6.29 Å². The second-order valence-electron chi connectivity index (χ2n) is 9.55. The molecule has 9 atom stereocenters. The normalized spacial score (nSPS) is 42.9. The Balaban J connectivity index is 2.05. The molecule has 0 saturated carbocycles. The lowest BCUT2D eigenvalue weighted by atomic mass is 9.88. The maximum atomic E-state index is 12.8. The van der Waals surface area contributed by atoms with Crippen molar-refractivity contribution in [1.82, 2.24) is 5.32 Å². The molecule has 1 amide bonds. The van der Waals surface area contributed by atoms with E-state index in [-0.39, 0.29) is 17.9 Å². The van der Waals surface area contributed by atoms with Crippen LogP contribution in [-0.2, 0) is 14.3 Å². The van der Waals surface area contributed by atoms with Gasteiger partial charge in [0.1, 0.15) is 6.10 Å². The van der Waals surface area contributed by atoms with E-state index in [0.717, 1.165) is 25.2 Å². The molecule has 0 spiro atoms. The monoisotopic (exact) mass is 428 g/mol. The van der Waals surface area contributed by atoms with Gasteiger partial charge in [0.05, 0.1) is 30.3 Å². The van der Waals surface area contributed by atoms with E-state index in [9.17, 15) is 15.0 Å². The fourth-order valence-electron chi connectivity index (χ4n) is 4.62. The smallest absolute Gasteiger partial charge is 0.225 e. The van der Waals surface area contributed by atoms with Crippen LogP contribution in [0.1, 0.15) is 79.1 Å². The molecule has 7 nitrogen and oxygen atoms in total. The summed E-state index contributed by atoms with van der Waals surface area (Å²) in [7, 11) is 0. The summed E-state index contributed by atoms with van der Waals surface area (Å²) >= 11 is 0. The van der Waals surface area contributed by atoms with Crippen LogP contribution in [0.2, 0.25) is 0 Å². The van der Waals surface area contributed by atoms with Crippen LogP contribution in [0.25, 0.3) is 0 Å². The zero-order valence-corrected chi connectivity index (χ0v) is 19.3. The third kappa shape index (κ3) is 7.16. The Bertz CT molecular complexity index is 520. The SMILES string of the molecule is CC[C@@H]1CCCNC(=O)[C@@H](C)[C@H](O[C@@H]2O[C@H](C)[C@@H](O)[C@@H](N)[C@H]2O)CC[C@@H](C)CCC1. The molecule has 2 heterocycles. The van der Waals surface area contributed by atoms with Crippen molar-refractivity contribution in [3.8, 4) is 0 Å². The summed E-state index contributed by atoms with van der Waals surface area (Å²) in [6.45, 7) is 8.78. The molecule has 0 radical (unpaired) electrons. The van der Waals surface area contributed by atoms with E-state index < -0.39 is 30.6 Å². The number of aliphatic hydroxyl groups is 2. The summed E-state index contributed by atoms with van der Waals surface area (Å²) in [5.41, 5.74) is 5.95. The molecular weight excluding hydrogens is 384 g/mol. The zero-order valence-electron chi connectivity index (χ0n) is 19.3. The Hall–Kier alpha value is -0.730. The highest BCUT2D eigenvalue weighted by atomic mass is 16.7. The van der Waals surface area contributed by atoms with Crippen molar-refractivity contribution < 1.29 is 24.5 Å². The number of amides is 1. The van der Waals surface area contributed by atoms with Crippen molar-refractivity contribution >= 4 is 5.91 Å². The van der Waals surface area contributed by atoms with Gasteiger partial charge in [-0.05, 0) is 44.4 Å². The van der Waals surface area contributed by atoms with Crippen LogP contribution in [0.15, 0.2) is 0 Å². The Kier molecular flexibility index (Phi) is 10.5. The molecule has 2 aliphatic rings. The lowest BCUT2D eigenvalue weighted by Crippen LogP contribution is -2.62. The third-order valence-corrected chi connectivity index (χ3v) is 7.10. The highest BCUT2D eigenvalue weighted by Gasteiger charge is 2.43. The van der Waals surface area contributed by atoms with E-state index in [1.807, 2.05) is 6.92 Å². The molecule has 2 rings (SSSR count). The van der Waals surface area contributed by atoms with Crippen LogP contribution in [0.5, 0.6) is 0 Å². The number of nitrogens with two attached hydrogens (primary N) is 1. The number of rotatable bonds is 3. The predicted molar refractivity (Wildman–Crippen MR) is 117 cm³/mol. The average Bonchev–Trinajstić information content (AvgIpc) is 2.73. The summed E-state index contributed by atoms with van der Waals surface area (Å²) in [6.07, 6.45) is 4.73. The van der Waals surface area contributed by atoms with Gasteiger partial charge in [0.2, 0.25) is 5.91 Å². The zero-order chi connectivity index (χ0) is 22.3. The molecule has 30 heavy (non-hydrogen) atoms. The Labute approximate surface area is 182 Å². The molecule has 0 aliphatic carbocycles. The largest absolute Gasteiger partial charge is 0.389 e. The number of hydrogen-bond acceptors (Lipinski definition) is 6. The van der Waals surface area contributed by atoms with Crippen molar-refractivity contribution in [2.45, 2.75) is 116 Å². The van der Waals surface area contributed by atoms with Gasteiger partial charge >= 0.3 is 0 Å². The first kappa shape index (κ1) is 25.5. The standard InChI is InChI=1S/C23H44N2O5/c1-5-17-9-6-8-14(2)11-12-18(15(3)22(28)25-13-7-10-17)30-23-21(27)19(24)20(26)16(4)29-23/h14-21,23,26-27H,5-13,24H2,1-4H3,(H,25,28)/t14-,15-,16+,17-,18+,19+,20+,21+,23-/m0/s1. The van der Waals surface area contributed by atoms with Crippen LogP contribution in [0.4, 0.5) is 0 Å². The van der Waals surface area contributed by atoms with Crippen molar-refractivity contribution in [2.75, 3.05) is 6.54 Å². The molecule has 5 N–H and O–H groups in total. The lowest BCUT2D eigenvalue weighted by Gasteiger charge is -2.41. The minimum absolute atomic E-state index is 0.0274. The van der Waals surface area contributed by atoms with Gasteiger partial charge in [-0.2, -0.15) is 0 Å². The predicted octanol–water partition coefficient (Wildman–Crippen LogP) is 2.32. The summed E-state index contributed by atoms with van der Waals surface area (Å²) in [5.74, 6) is 0.903. The van der Waals surface area contributed by atoms with Crippen molar-refractivity contribution in [3.05, 3.63) is 0 Å². The topological polar surface area (TPSA) is 114 Å². The first-order valence-corrected chi connectivity index (χ1v) is 11.9. The first-order valence-electron chi connectivity index (χ1n) is 11.9. The molecule has 2 aliphatic heterocycles. The Morgan fingerprint density at radius 2 is 1.77 bits per heavy atom. The van der Waals surface area contributed by atoms with Crippen molar-refractivity contribution in [3.63, 3.8) is 0 Å². The second-order valence-corrected chi connectivity index (χ2v) is 9.55. The van der Waals surface area contributed by atoms with Gasteiger partial charge in [-0.15, -0.1) is 0 Å². The molecule has 2 saturated heterocycles. The van der Waals surface area contributed by atoms with E-state index in [4.69, 9.17) is 15.2 Å². The number of aliphatic hydroxyl groups excluding tert-OH is 2. The number of nitrogens with one attached hydrogen (secondary N) is 1. The molecule has 0 unspecified atom stereocenters. The van der Waals surface area contributed by atoms with Gasteiger partial charge < -0.3 is 30.7 Å². The van der Waals surface area contributed by atoms with E-state index in [2.05, 4.69) is 19.2 Å². The average molecular weight is 429 g/mol. The molecule has 0 bridgehead atoms. The van der Waals surface area contributed by atoms with Crippen LogP contribution in [0, 0.1) is 17.8 Å². The maximum Gasteiger partial charge on any atom is 0.225 e. The second kappa shape index (κ2) is 12.3. The summed E-state index contributed by atoms with van der Waals surface area (Å²) in [6, 6.07) is -0.841. The Morgan fingerprint density at radius 3 is 2.47 bits per heavy atom. The molecule has 0 aromatic rings. The van der Waals surface area contributed by atoms with Crippen LogP contribution < -0.4 is 11.1 Å². The van der Waals surface area contributed by atoms with Crippen LogP contribution >= 0.6 is 0 Å². The van der Waals surface area contributed by atoms with Gasteiger partial charge in [0, 0.05) is 6.54 Å². The minimum Gasteiger partial charge on any atom is -0.389 e.